The number of nitro groups is 1. The summed E-state index contributed by atoms with van der Waals surface area (Å²) in [5, 5.41) is 13.5. The summed E-state index contributed by atoms with van der Waals surface area (Å²) in [6, 6.07) is 9.73. The van der Waals surface area contributed by atoms with Crippen molar-refractivity contribution in [3.63, 3.8) is 0 Å². The van der Waals surface area contributed by atoms with E-state index in [1.54, 1.807) is 14.2 Å². The zero-order valence-corrected chi connectivity index (χ0v) is 15.2. The summed E-state index contributed by atoms with van der Waals surface area (Å²) in [4.78, 5) is 24.6. The second kappa shape index (κ2) is 8.05. The minimum absolute atomic E-state index is 0.00925. The van der Waals surface area contributed by atoms with Gasteiger partial charge in [-0.1, -0.05) is 0 Å². The molecule has 2 aromatic rings. The van der Waals surface area contributed by atoms with Gasteiger partial charge in [-0.05, 0) is 41.8 Å². The van der Waals surface area contributed by atoms with Crippen LogP contribution >= 0.6 is 0 Å². The van der Waals surface area contributed by atoms with E-state index in [-0.39, 0.29) is 18.1 Å². The van der Waals surface area contributed by atoms with Crippen LogP contribution in [0, 0.1) is 10.1 Å². The van der Waals surface area contributed by atoms with Gasteiger partial charge in [0.25, 0.3) is 5.69 Å². The molecule has 8 nitrogen and oxygen atoms in total. The summed E-state index contributed by atoms with van der Waals surface area (Å²) in [6.45, 7) is 1.64. The van der Waals surface area contributed by atoms with Crippen LogP contribution < -0.4 is 14.8 Å². The van der Waals surface area contributed by atoms with E-state index in [0.29, 0.717) is 23.7 Å². The quantitative estimate of drug-likeness (QED) is 0.620. The number of carbonyl (C=O) groups excluding carboxylic acids is 1. The van der Waals surface area contributed by atoms with Crippen molar-refractivity contribution in [3.05, 3.63) is 57.6 Å². The van der Waals surface area contributed by atoms with Gasteiger partial charge in [-0.2, -0.15) is 0 Å². The Labute approximate surface area is 156 Å². The number of methoxy groups -OCH3 is 2. The lowest BCUT2D eigenvalue weighted by Gasteiger charge is -2.29. The van der Waals surface area contributed by atoms with Gasteiger partial charge < -0.3 is 14.8 Å². The smallest absolute Gasteiger partial charge is 0.269 e. The molecule has 0 aromatic heterocycles. The maximum Gasteiger partial charge on any atom is 0.269 e. The molecule has 0 saturated heterocycles. The summed E-state index contributed by atoms with van der Waals surface area (Å²) in [7, 11) is 3.21. The fourth-order valence-electron chi connectivity index (χ4n) is 3.15. The van der Waals surface area contributed by atoms with E-state index in [1.807, 2.05) is 12.1 Å². The Morgan fingerprint density at radius 3 is 2.37 bits per heavy atom. The molecule has 8 heteroatoms. The molecule has 0 saturated carbocycles. The van der Waals surface area contributed by atoms with Crippen molar-refractivity contribution >= 4 is 17.3 Å². The highest BCUT2D eigenvalue weighted by molar-refractivity contribution is 5.92. The molecule has 0 aliphatic carbocycles. The van der Waals surface area contributed by atoms with Crippen LogP contribution in [0.3, 0.4) is 0 Å². The van der Waals surface area contributed by atoms with Crippen molar-refractivity contribution in [1.82, 2.24) is 4.90 Å². The minimum atomic E-state index is -0.472. The lowest BCUT2D eigenvalue weighted by Crippen LogP contribution is -2.37. The van der Waals surface area contributed by atoms with Crippen molar-refractivity contribution in [3.8, 4) is 11.5 Å². The second-order valence-electron chi connectivity index (χ2n) is 6.29. The van der Waals surface area contributed by atoms with Gasteiger partial charge in [0.2, 0.25) is 5.91 Å². The largest absolute Gasteiger partial charge is 0.493 e. The van der Waals surface area contributed by atoms with Gasteiger partial charge in [0.15, 0.2) is 11.5 Å². The third-order valence-corrected chi connectivity index (χ3v) is 4.53. The molecule has 1 aliphatic rings. The van der Waals surface area contributed by atoms with Crippen LogP contribution in [0.4, 0.5) is 11.4 Å². The highest BCUT2D eigenvalue weighted by atomic mass is 16.6. The lowest BCUT2D eigenvalue weighted by molar-refractivity contribution is -0.384. The molecular weight excluding hydrogens is 350 g/mol. The fourth-order valence-corrected chi connectivity index (χ4v) is 3.15. The highest BCUT2D eigenvalue weighted by Crippen LogP contribution is 2.33. The van der Waals surface area contributed by atoms with Crippen LogP contribution in [0.2, 0.25) is 0 Å². The first-order valence-corrected chi connectivity index (χ1v) is 8.50. The number of benzene rings is 2. The van der Waals surface area contributed by atoms with E-state index in [0.717, 1.165) is 18.5 Å². The topological polar surface area (TPSA) is 93.9 Å². The predicted octanol–water partition coefficient (Wildman–Crippen LogP) is 2.61. The number of fused-ring (bicyclic) bond motifs is 1. The van der Waals surface area contributed by atoms with Crippen molar-refractivity contribution in [2.45, 2.75) is 13.0 Å². The van der Waals surface area contributed by atoms with Gasteiger partial charge in [-0.25, -0.2) is 0 Å². The summed E-state index contributed by atoms with van der Waals surface area (Å²) in [5.41, 5.74) is 2.83. The van der Waals surface area contributed by atoms with Crippen molar-refractivity contribution in [2.24, 2.45) is 0 Å². The average Bonchev–Trinajstić information content (AvgIpc) is 2.67. The number of nitrogens with zero attached hydrogens (tertiary/aromatic N) is 2. The van der Waals surface area contributed by atoms with Gasteiger partial charge in [0, 0.05) is 30.9 Å². The van der Waals surface area contributed by atoms with Crippen LogP contribution in [-0.2, 0) is 17.8 Å². The third kappa shape index (κ3) is 4.35. The van der Waals surface area contributed by atoms with Crippen LogP contribution in [0.1, 0.15) is 11.1 Å². The molecule has 0 atom stereocenters. The van der Waals surface area contributed by atoms with Gasteiger partial charge in [0.05, 0.1) is 25.7 Å². The number of amides is 1. The van der Waals surface area contributed by atoms with Crippen LogP contribution in [0.15, 0.2) is 36.4 Å². The monoisotopic (exact) mass is 371 g/mol. The molecule has 2 aromatic carbocycles. The Morgan fingerprint density at radius 1 is 1.15 bits per heavy atom. The average molecular weight is 371 g/mol. The Balaban J connectivity index is 1.62. The van der Waals surface area contributed by atoms with Gasteiger partial charge in [0.1, 0.15) is 0 Å². The number of hydrogen-bond acceptors (Lipinski definition) is 6. The molecule has 0 fully saturated rings. The first-order chi connectivity index (χ1) is 13.0. The number of non-ortho nitro benzene ring substituents is 1. The molecule has 0 bridgehead atoms. The fraction of sp³-hybridized carbons (Fsp3) is 0.316. The number of ether oxygens (including phenoxy) is 2. The second-order valence-corrected chi connectivity index (χ2v) is 6.29. The number of rotatable bonds is 6. The Morgan fingerprint density at radius 2 is 1.78 bits per heavy atom. The number of carbonyl (C=O) groups is 1. The first-order valence-electron chi connectivity index (χ1n) is 8.50. The van der Waals surface area contributed by atoms with Crippen LogP contribution in [0.25, 0.3) is 0 Å². The number of hydrogen-bond donors (Lipinski definition) is 1. The van der Waals surface area contributed by atoms with Gasteiger partial charge in [-0.3, -0.25) is 19.8 Å². The molecule has 0 radical (unpaired) electrons. The Hall–Kier alpha value is -3.13. The van der Waals surface area contributed by atoms with E-state index in [2.05, 4.69) is 10.2 Å². The molecule has 1 N–H and O–H groups in total. The molecule has 0 spiro atoms. The van der Waals surface area contributed by atoms with Gasteiger partial charge in [-0.15, -0.1) is 0 Å². The summed E-state index contributed by atoms with van der Waals surface area (Å²) in [5.74, 6) is 1.22. The number of nitro benzene ring substituents is 1. The maximum absolute atomic E-state index is 12.3. The normalized spacial score (nSPS) is 13.6. The van der Waals surface area contributed by atoms with E-state index < -0.39 is 4.92 Å². The molecular formula is C19H21N3O5. The van der Waals surface area contributed by atoms with Crippen molar-refractivity contribution < 1.29 is 19.2 Å². The molecule has 0 unspecified atom stereocenters. The molecule has 1 amide bonds. The van der Waals surface area contributed by atoms with E-state index in [4.69, 9.17) is 9.47 Å². The molecule has 1 aliphatic heterocycles. The lowest BCUT2D eigenvalue weighted by atomic mass is 9.99. The maximum atomic E-state index is 12.3. The summed E-state index contributed by atoms with van der Waals surface area (Å²) < 4.78 is 10.7. The predicted molar refractivity (Wildman–Crippen MR) is 100 cm³/mol. The zero-order chi connectivity index (χ0) is 19.4. The highest BCUT2D eigenvalue weighted by Gasteiger charge is 2.21. The Kier molecular flexibility index (Phi) is 5.56. The molecule has 142 valence electrons. The van der Waals surface area contributed by atoms with Crippen molar-refractivity contribution in [2.75, 3.05) is 32.6 Å². The summed E-state index contributed by atoms with van der Waals surface area (Å²) in [6.07, 6.45) is 0.820. The first kappa shape index (κ1) is 18.7. The molecule has 27 heavy (non-hydrogen) atoms. The summed E-state index contributed by atoms with van der Waals surface area (Å²) >= 11 is 0. The van der Waals surface area contributed by atoms with E-state index in [1.165, 1.54) is 29.8 Å². The van der Waals surface area contributed by atoms with Crippen LogP contribution in [-0.4, -0.2) is 43.0 Å². The van der Waals surface area contributed by atoms with Crippen LogP contribution in [0.5, 0.6) is 11.5 Å². The zero-order valence-electron chi connectivity index (χ0n) is 15.2. The van der Waals surface area contributed by atoms with E-state index >= 15 is 0 Å². The molecule has 3 rings (SSSR count). The number of anilines is 1. The Bertz CT molecular complexity index is 851. The SMILES string of the molecule is COc1cc2c(cc1OC)CN(CC(=O)Nc1ccc([N+](=O)[O-])cc1)CC2. The minimum Gasteiger partial charge on any atom is -0.493 e. The molecule has 1 heterocycles. The number of nitrogens with one attached hydrogen (secondary N) is 1. The standard InChI is InChI=1S/C19H21N3O5/c1-26-17-9-13-7-8-21(11-14(13)10-18(17)27-2)12-19(23)20-15-3-5-16(6-4-15)22(24)25/h3-6,9-10H,7-8,11-12H2,1-2H3,(H,20,23). The van der Waals surface area contributed by atoms with Crippen molar-refractivity contribution in [1.29, 1.82) is 0 Å². The van der Waals surface area contributed by atoms with Gasteiger partial charge >= 0.3 is 0 Å². The van der Waals surface area contributed by atoms with E-state index in [9.17, 15) is 14.9 Å². The third-order valence-electron chi connectivity index (χ3n) is 4.53.